The van der Waals surface area contributed by atoms with Gasteiger partial charge in [0, 0.05) is 8.54 Å². The molecule has 32 heavy (non-hydrogen) atoms. The fourth-order valence-electron chi connectivity index (χ4n) is 4.25. The van der Waals surface area contributed by atoms with E-state index >= 15 is 0 Å². The zero-order chi connectivity index (χ0) is 22.5. The van der Waals surface area contributed by atoms with E-state index in [1.165, 1.54) is 0 Å². The lowest BCUT2D eigenvalue weighted by molar-refractivity contribution is -0.118. The Balaban J connectivity index is 0.00000162. The van der Waals surface area contributed by atoms with E-state index in [4.69, 9.17) is 9.47 Å². The van der Waals surface area contributed by atoms with Crippen LogP contribution in [0.5, 0.6) is 11.5 Å². The maximum Gasteiger partial charge on any atom is 0.335 e. The molecular formula is C26H27NO5. The van der Waals surface area contributed by atoms with Gasteiger partial charge < -0.3 is 19.9 Å². The topological polar surface area (TPSA) is 84.9 Å². The number of rotatable bonds is 5. The first kappa shape index (κ1) is 20.1. The molecule has 0 radical (unpaired) electrons. The van der Waals surface area contributed by atoms with E-state index in [1.54, 1.807) is 12.1 Å². The van der Waals surface area contributed by atoms with Gasteiger partial charge in [-0.2, -0.15) is 0 Å². The molecule has 5 rings (SSSR count). The summed E-state index contributed by atoms with van der Waals surface area (Å²) in [5.41, 5.74) is 5.00. The number of carbonyl (C=O) groups is 2. The summed E-state index contributed by atoms with van der Waals surface area (Å²) in [5.74, 6) is 0.356. The highest BCUT2D eigenvalue weighted by molar-refractivity contribution is 6.02. The summed E-state index contributed by atoms with van der Waals surface area (Å²) in [6, 6.07) is 16.5. The van der Waals surface area contributed by atoms with Gasteiger partial charge in [-0.25, -0.2) is 4.79 Å². The van der Waals surface area contributed by atoms with Crippen LogP contribution in [0.15, 0.2) is 54.6 Å². The first-order valence-corrected chi connectivity index (χ1v) is 10.5. The van der Waals surface area contributed by atoms with Gasteiger partial charge in [-0.15, -0.1) is 0 Å². The van der Waals surface area contributed by atoms with E-state index < -0.39 is 11.4 Å². The minimum Gasteiger partial charge on any atom is -0.478 e. The molecule has 2 aliphatic rings. The van der Waals surface area contributed by atoms with Crippen molar-refractivity contribution >= 4 is 17.6 Å². The number of carbonyl (C=O) groups excluding carboxylic acids is 1. The van der Waals surface area contributed by atoms with Gasteiger partial charge in [-0.05, 0) is 90.9 Å². The fourth-order valence-corrected chi connectivity index (χ4v) is 4.25. The standard InChI is InChI=1S/C26H23NO5.2H2/c1-15-3-5-17(24(28)29)11-20(15)21-13-19(7-4-16(21)2)27-25(30)26(9-10-26)18-6-8-22-23(12-18)32-14-31-22;;/h3-8,11-13H,9-10,14H2,1-2H3,(H,27,30)(H,28,29);2*1H. The van der Waals surface area contributed by atoms with Crippen molar-refractivity contribution in [2.24, 2.45) is 0 Å². The number of amides is 1. The van der Waals surface area contributed by atoms with Gasteiger partial charge >= 0.3 is 5.97 Å². The number of aromatic carboxylic acids is 1. The second-order valence-corrected chi connectivity index (χ2v) is 8.47. The lowest BCUT2D eigenvalue weighted by atomic mass is 9.93. The molecule has 0 unspecified atom stereocenters. The predicted octanol–water partition coefficient (Wildman–Crippen LogP) is 5.56. The number of fused-ring (bicyclic) bond motifs is 1. The number of hydrogen-bond donors (Lipinski definition) is 2. The summed E-state index contributed by atoms with van der Waals surface area (Å²) in [5, 5.41) is 12.5. The molecule has 6 heteroatoms. The third kappa shape index (κ3) is 3.38. The summed E-state index contributed by atoms with van der Waals surface area (Å²) < 4.78 is 10.9. The van der Waals surface area contributed by atoms with Crippen molar-refractivity contribution in [2.75, 3.05) is 12.1 Å². The Bertz CT molecular complexity index is 1270. The molecule has 0 aromatic heterocycles. The molecule has 1 amide bonds. The Morgan fingerprint density at radius 3 is 2.31 bits per heavy atom. The van der Waals surface area contributed by atoms with E-state index in [1.807, 2.05) is 56.3 Å². The zero-order valence-electron chi connectivity index (χ0n) is 17.9. The molecule has 1 fully saturated rings. The van der Waals surface area contributed by atoms with Gasteiger partial charge in [-0.1, -0.05) is 18.2 Å². The highest BCUT2D eigenvalue weighted by atomic mass is 16.7. The molecule has 3 aromatic rings. The van der Waals surface area contributed by atoms with Crippen molar-refractivity contribution < 1.29 is 27.0 Å². The highest BCUT2D eigenvalue weighted by Gasteiger charge is 2.51. The quantitative estimate of drug-likeness (QED) is 0.550. The Labute approximate surface area is 188 Å². The number of nitrogens with one attached hydrogen (secondary N) is 1. The fraction of sp³-hybridized carbons (Fsp3) is 0.231. The van der Waals surface area contributed by atoms with E-state index in [-0.39, 0.29) is 21.1 Å². The minimum atomic E-state index is -0.965. The average Bonchev–Trinajstić information content (AvgIpc) is 3.46. The number of carboxylic acid groups (broad SMARTS) is 1. The highest BCUT2D eigenvalue weighted by Crippen LogP contribution is 2.51. The minimum absolute atomic E-state index is 0. The molecule has 0 saturated heterocycles. The van der Waals surface area contributed by atoms with Crippen LogP contribution in [0.4, 0.5) is 5.69 Å². The third-order valence-electron chi connectivity index (χ3n) is 6.38. The van der Waals surface area contributed by atoms with Crippen molar-refractivity contribution in [3.63, 3.8) is 0 Å². The number of anilines is 1. The molecule has 1 aliphatic heterocycles. The maximum atomic E-state index is 13.3. The Hall–Kier alpha value is -3.80. The van der Waals surface area contributed by atoms with Crippen molar-refractivity contribution in [1.29, 1.82) is 0 Å². The third-order valence-corrected chi connectivity index (χ3v) is 6.38. The number of ether oxygens (including phenoxy) is 2. The van der Waals surface area contributed by atoms with Crippen molar-refractivity contribution in [2.45, 2.75) is 32.1 Å². The summed E-state index contributed by atoms with van der Waals surface area (Å²) in [7, 11) is 0. The van der Waals surface area contributed by atoms with Crippen LogP contribution >= 0.6 is 0 Å². The summed E-state index contributed by atoms with van der Waals surface area (Å²) in [6.07, 6.45) is 1.55. The molecule has 0 bridgehead atoms. The maximum absolute atomic E-state index is 13.3. The Kier molecular flexibility index (Phi) is 4.66. The van der Waals surface area contributed by atoms with Crippen LogP contribution in [0.1, 0.15) is 42.7 Å². The van der Waals surface area contributed by atoms with E-state index in [0.29, 0.717) is 17.2 Å². The smallest absolute Gasteiger partial charge is 0.335 e. The molecule has 0 spiro atoms. The van der Waals surface area contributed by atoms with E-state index in [9.17, 15) is 14.7 Å². The van der Waals surface area contributed by atoms with Crippen LogP contribution in [0, 0.1) is 13.8 Å². The molecule has 1 heterocycles. The monoisotopic (exact) mass is 433 g/mol. The largest absolute Gasteiger partial charge is 0.478 e. The number of aryl methyl sites for hydroxylation is 2. The number of hydrogen-bond acceptors (Lipinski definition) is 4. The molecule has 6 nitrogen and oxygen atoms in total. The Morgan fingerprint density at radius 1 is 0.906 bits per heavy atom. The zero-order valence-corrected chi connectivity index (χ0v) is 17.9. The van der Waals surface area contributed by atoms with Crippen LogP contribution in [0.2, 0.25) is 0 Å². The van der Waals surface area contributed by atoms with Crippen molar-refractivity contribution in [3.8, 4) is 22.6 Å². The van der Waals surface area contributed by atoms with E-state index in [0.717, 1.165) is 40.7 Å². The second kappa shape index (κ2) is 7.41. The molecule has 0 atom stereocenters. The first-order chi connectivity index (χ1) is 15.4. The Morgan fingerprint density at radius 2 is 1.59 bits per heavy atom. The number of benzene rings is 3. The first-order valence-electron chi connectivity index (χ1n) is 10.5. The van der Waals surface area contributed by atoms with Crippen molar-refractivity contribution in [3.05, 3.63) is 76.9 Å². The van der Waals surface area contributed by atoms with E-state index in [2.05, 4.69) is 5.32 Å². The molecule has 1 saturated carbocycles. The van der Waals surface area contributed by atoms with Gasteiger partial charge in [0.05, 0.1) is 11.0 Å². The number of carboxylic acids is 1. The van der Waals surface area contributed by atoms with Crippen LogP contribution in [0.3, 0.4) is 0 Å². The molecule has 1 aliphatic carbocycles. The van der Waals surface area contributed by atoms with Crippen LogP contribution < -0.4 is 14.8 Å². The SMILES string of the molecule is Cc1ccc(NC(=O)C2(c3ccc4c(c3)OCO4)CC2)cc1-c1cc(C(=O)O)ccc1C.[HH].[HH]. The molecule has 2 N–H and O–H groups in total. The van der Waals surface area contributed by atoms with Crippen LogP contribution in [0.25, 0.3) is 11.1 Å². The van der Waals surface area contributed by atoms with Gasteiger partial charge in [0.25, 0.3) is 0 Å². The summed E-state index contributed by atoms with van der Waals surface area (Å²) in [4.78, 5) is 24.7. The van der Waals surface area contributed by atoms with Crippen LogP contribution in [-0.4, -0.2) is 23.8 Å². The van der Waals surface area contributed by atoms with Gasteiger partial charge in [0.15, 0.2) is 11.5 Å². The lowest BCUT2D eigenvalue weighted by Gasteiger charge is -2.18. The van der Waals surface area contributed by atoms with Gasteiger partial charge in [0.2, 0.25) is 12.7 Å². The average molecular weight is 434 g/mol. The second-order valence-electron chi connectivity index (χ2n) is 8.47. The van der Waals surface area contributed by atoms with Crippen molar-refractivity contribution in [1.82, 2.24) is 0 Å². The van der Waals surface area contributed by atoms with Crippen LogP contribution in [-0.2, 0) is 10.2 Å². The van der Waals surface area contributed by atoms with Gasteiger partial charge in [0.1, 0.15) is 0 Å². The lowest BCUT2D eigenvalue weighted by Crippen LogP contribution is -2.27. The normalized spacial score (nSPS) is 15.3. The summed E-state index contributed by atoms with van der Waals surface area (Å²) in [6.45, 7) is 4.12. The molecule has 3 aromatic carbocycles. The molecular weight excluding hydrogens is 406 g/mol. The summed E-state index contributed by atoms with van der Waals surface area (Å²) >= 11 is 0. The molecule has 166 valence electrons. The predicted molar refractivity (Wildman–Crippen MR) is 125 cm³/mol. The van der Waals surface area contributed by atoms with Gasteiger partial charge in [-0.3, -0.25) is 4.79 Å².